The van der Waals surface area contributed by atoms with Crippen LogP contribution in [-0.2, 0) is 9.53 Å². The predicted molar refractivity (Wildman–Crippen MR) is 74.9 cm³/mol. The minimum Gasteiger partial charge on any atom is -0.380 e. The van der Waals surface area contributed by atoms with Crippen molar-refractivity contribution in [3.63, 3.8) is 0 Å². The Labute approximate surface area is 116 Å². The number of hydrogen-bond acceptors (Lipinski definition) is 3. The normalized spacial score (nSPS) is 19.6. The maximum Gasteiger partial charge on any atom is 0.233 e. The topological polar surface area (TPSA) is 29.5 Å². The number of thioether (sulfide) groups is 1. The number of nitrogens with zero attached hydrogens (tertiary/aromatic N) is 1. The second-order valence-electron chi connectivity index (χ2n) is 4.00. The highest BCUT2D eigenvalue weighted by molar-refractivity contribution is 8.00. The summed E-state index contributed by atoms with van der Waals surface area (Å²) in [6, 6.07) is 7.69. The molecule has 1 aliphatic rings. The van der Waals surface area contributed by atoms with E-state index in [1.807, 2.05) is 36.1 Å². The molecule has 0 aliphatic carbocycles. The Morgan fingerprint density at radius 3 is 3.11 bits per heavy atom. The Bertz CT molecular complexity index is 427. The van der Waals surface area contributed by atoms with Crippen molar-refractivity contribution in [3.8, 4) is 0 Å². The van der Waals surface area contributed by atoms with E-state index in [2.05, 4.69) is 0 Å². The molecule has 1 amide bonds. The molecule has 1 atom stereocenters. The van der Waals surface area contributed by atoms with Gasteiger partial charge in [-0.2, -0.15) is 0 Å². The number of carbonyl (C=O) groups is 1. The van der Waals surface area contributed by atoms with E-state index < -0.39 is 0 Å². The van der Waals surface area contributed by atoms with Crippen LogP contribution in [0.5, 0.6) is 0 Å². The van der Waals surface area contributed by atoms with Crippen LogP contribution in [0, 0.1) is 0 Å². The fourth-order valence-electron chi connectivity index (χ4n) is 1.94. The molecule has 5 heteroatoms. The summed E-state index contributed by atoms with van der Waals surface area (Å²) < 4.78 is 5.32. The molecular weight excluding hydrogens is 270 g/mol. The predicted octanol–water partition coefficient (Wildman–Crippen LogP) is 2.95. The first kappa shape index (κ1) is 13.7. The summed E-state index contributed by atoms with van der Waals surface area (Å²) in [4.78, 5) is 13.7. The first-order chi connectivity index (χ1) is 8.72. The van der Waals surface area contributed by atoms with Crippen molar-refractivity contribution in [2.75, 3.05) is 25.5 Å². The van der Waals surface area contributed by atoms with Gasteiger partial charge in [-0.3, -0.25) is 4.79 Å². The molecule has 1 aromatic rings. The molecule has 0 aromatic heterocycles. The van der Waals surface area contributed by atoms with Crippen LogP contribution in [0.1, 0.15) is 17.9 Å². The Balaban J connectivity index is 2.08. The van der Waals surface area contributed by atoms with Crippen LogP contribution in [0.2, 0.25) is 5.02 Å². The number of halogens is 1. The first-order valence-electron chi connectivity index (χ1n) is 5.96. The molecule has 0 radical (unpaired) electrons. The molecule has 1 heterocycles. The van der Waals surface area contributed by atoms with Crippen molar-refractivity contribution < 1.29 is 9.53 Å². The Kier molecular flexibility index (Phi) is 4.92. The van der Waals surface area contributed by atoms with E-state index in [1.54, 1.807) is 11.8 Å². The van der Waals surface area contributed by atoms with Gasteiger partial charge in [-0.1, -0.05) is 23.7 Å². The van der Waals surface area contributed by atoms with E-state index in [0.717, 1.165) is 5.56 Å². The van der Waals surface area contributed by atoms with Crippen molar-refractivity contribution >= 4 is 29.3 Å². The third kappa shape index (κ3) is 3.19. The van der Waals surface area contributed by atoms with Gasteiger partial charge >= 0.3 is 0 Å². The molecule has 0 N–H and O–H groups in total. The molecule has 3 nitrogen and oxygen atoms in total. The molecular formula is C13H16ClNO2S. The summed E-state index contributed by atoms with van der Waals surface area (Å²) in [5.41, 5.74) is 1.08. The molecule has 98 valence electrons. The Hall–Kier alpha value is -0.710. The summed E-state index contributed by atoms with van der Waals surface area (Å²) >= 11 is 7.64. The molecule has 0 saturated carbocycles. The quantitative estimate of drug-likeness (QED) is 0.779. The smallest absolute Gasteiger partial charge is 0.233 e. The zero-order valence-electron chi connectivity index (χ0n) is 10.3. The second kappa shape index (κ2) is 6.45. The van der Waals surface area contributed by atoms with Gasteiger partial charge in [-0.15, -0.1) is 11.8 Å². The van der Waals surface area contributed by atoms with Gasteiger partial charge in [0.15, 0.2) is 0 Å². The minimum atomic E-state index is 0.0663. The van der Waals surface area contributed by atoms with Crippen molar-refractivity contribution in [1.29, 1.82) is 0 Å². The monoisotopic (exact) mass is 285 g/mol. The minimum absolute atomic E-state index is 0.0663. The molecule has 18 heavy (non-hydrogen) atoms. The number of rotatable bonds is 5. The summed E-state index contributed by atoms with van der Waals surface area (Å²) in [7, 11) is 0. The van der Waals surface area contributed by atoms with Crippen molar-refractivity contribution in [2.24, 2.45) is 0 Å². The van der Waals surface area contributed by atoms with Crippen LogP contribution >= 0.6 is 23.4 Å². The number of carbonyl (C=O) groups excluding carboxylic acids is 1. The number of ether oxygens (including phenoxy) is 1. The van der Waals surface area contributed by atoms with E-state index in [1.165, 1.54) is 0 Å². The maximum atomic E-state index is 11.9. The van der Waals surface area contributed by atoms with E-state index in [0.29, 0.717) is 30.5 Å². The fourth-order valence-corrected chi connectivity index (χ4v) is 3.35. The molecule has 1 aromatic carbocycles. The van der Waals surface area contributed by atoms with Crippen LogP contribution in [0.25, 0.3) is 0 Å². The highest BCUT2D eigenvalue weighted by atomic mass is 35.5. The maximum absolute atomic E-state index is 11.9. The van der Waals surface area contributed by atoms with Crippen molar-refractivity contribution in [3.05, 3.63) is 34.9 Å². The molecule has 2 rings (SSSR count). The lowest BCUT2D eigenvalue weighted by Gasteiger charge is -2.24. The fraction of sp³-hybridized carbons (Fsp3) is 0.462. The second-order valence-corrected chi connectivity index (χ2v) is 5.51. The molecule has 1 unspecified atom stereocenters. The average molecular weight is 286 g/mol. The zero-order chi connectivity index (χ0) is 13.0. The average Bonchev–Trinajstić information content (AvgIpc) is 2.72. The van der Waals surface area contributed by atoms with Gasteiger partial charge in [0.2, 0.25) is 5.91 Å². The van der Waals surface area contributed by atoms with Gasteiger partial charge in [0, 0.05) is 18.2 Å². The first-order valence-corrected chi connectivity index (χ1v) is 7.39. The SMILES string of the molecule is CCOCCN1C(=O)CSC1c1cccc(Cl)c1. The van der Waals surface area contributed by atoms with Crippen molar-refractivity contribution in [2.45, 2.75) is 12.3 Å². The van der Waals surface area contributed by atoms with Crippen LogP contribution in [0.4, 0.5) is 0 Å². The molecule has 0 bridgehead atoms. The number of benzene rings is 1. The third-order valence-electron chi connectivity index (χ3n) is 2.78. The lowest BCUT2D eigenvalue weighted by molar-refractivity contribution is -0.128. The summed E-state index contributed by atoms with van der Waals surface area (Å²) in [6.45, 7) is 3.85. The summed E-state index contributed by atoms with van der Waals surface area (Å²) in [5, 5.41) is 0.772. The lowest BCUT2D eigenvalue weighted by Crippen LogP contribution is -2.31. The van der Waals surface area contributed by atoms with Gasteiger partial charge < -0.3 is 9.64 Å². The van der Waals surface area contributed by atoms with Crippen molar-refractivity contribution in [1.82, 2.24) is 4.90 Å². The highest BCUT2D eigenvalue weighted by Crippen LogP contribution is 2.38. The molecule has 1 saturated heterocycles. The van der Waals surface area contributed by atoms with Gasteiger partial charge in [0.25, 0.3) is 0 Å². The number of amides is 1. The summed E-state index contributed by atoms with van der Waals surface area (Å²) in [6.07, 6.45) is 0. The van der Waals surface area contributed by atoms with Crippen LogP contribution < -0.4 is 0 Å². The Morgan fingerprint density at radius 2 is 2.39 bits per heavy atom. The van der Waals surface area contributed by atoms with Crippen LogP contribution in [0.3, 0.4) is 0 Å². The van der Waals surface area contributed by atoms with Gasteiger partial charge in [-0.25, -0.2) is 0 Å². The van der Waals surface area contributed by atoms with E-state index in [9.17, 15) is 4.79 Å². The van der Waals surface area contributed by atoms with Gasteiger partial charge in [0.05, 0.1) is 12.4 Å². The number of hydrogen-bond donors (Lipinski definition) is 0. The standard InChI is InChI=1S/C13H16ClNO2S/c1-2-17-7-6-15-12(16)9-18-13(15)10-4-3-5-11(14)8-10/h3-5,8,13H,2,6-7,9H2,1H3. The van der Waals surface area contributed by atoms with E-state index in [-0.39, 0.29) is 11.3 Å². The molecule has 1 fully saturated rings. The van der Waals surface area contributed by atoms with E-state index >= 15 is 0 Å². The van der Waals surface area contributed by atoms with E-state index in [4.69, 9.17) is 16.3 Å². The van der Waals surface area contributed by atoms with Gasteiger partial charge in [0.1, 0.15) is 5.37 Å². The molecule has 1 aliphatic heterocycles. The molecule has 0 spiro atoms. The van der Waals surface area contributed by atoms with Crippen LogP contribution in [0.15, 0.2) is 24.3 Å². The summed E-state index contributed by atoms with van der Waals surface area (Å²) in [5.74, 6) is 0.702. The van der Waals surface area contributed by atoms with Crippen LogP contribution in [-0.4, -0.2) is 36.3 Å². The third-order valence-corrected chi connectivity index (χ3v) is 4.27. The zero-order valence-corrected chi connectivity index (χ0v) is 11.8. The van der Waals surface area contributed by atoms with Gasteiger partial charge in [-0.05, 0) is 24.6 Å². The highest BCUT2D eigenvalue weighted by Gasteiger charge is 2.32. The Morgan fingerprint density at radius 1 is 1.56 bits per heavy atom. The largest absolute Gasteiger partial charge is 0.380 e. The lowest BCUT2D eigenvalue weighted by atomic mass is 10.2.